The molecule has 1 aliphatic rings. The van der Waals surface area contributed by atoms with Gasteiger partial charge in [-0.05, 0) is 25.8 Å². The molecule has 0 unspecified atom stereocenters. The number of aryl methyl sites for hydroxylation is 1. The van der Waals surface area contributed by atoms with Gasteiger partial charge in [0.2, 0.25) is 5.95 Å². The van der Waals surface area contributed by atoms with Crippen molar-refractivity contribution in [2.24, 2.45) is 10.9 Å². The third kappa shape index (κ3) is 3.49. The Balaban J connectivity index is 2.35. The Hall–Kier alpha value is -2.06. The minimum atomic E-state index is -4.34. The first-order chi connectivity index (χ1) is 9.30. The summed E-state index contributed by atoms with van der Waals surface area (Å²) in [5.74, 6) is -0.314. The quantitative estimate of drug-likeness (QED) is 0.379. The van der Waals surface area contributed by atoms with E-state index in [2.05, 4.69) is 15.1 Å². The summed E-state index contributed by atoms with van der Waals surface area (Å²) < 4.78 is 37.9. The van der Waals surface area contributed by atoms with Gasteiger partial charge in [0.05, 0.1) is 0 Å². The third-order valence-corrected chi connectivity index (χ3v) is 2.81. The highest BCUT2D eigenvalue weighted by atomic mass is 19.4. The summed E-state index contributed by atoms with van der Waals surface area (Å²) in [6, 6.07) is 1.23. The van der Waals surface area contributed by atoms with Crippen LogP contribution in [0.5, 0.6) is 0 Å². The molecule has 0 saturated heterocycles. The van der Waals surface area contributed by atoms with Crippen molar-refractivity contribution < 1.29 is 18.4 Å². The first-order valence-electron chi connectivity index (χ1n) is 5.97. The normalized spacial score (nSPS) is 16.3. The monoisotopic (exact) mass is 289 g/mol. The predicted molar refractivity (Wildman–Crippen MR) is 65.7 cm³/mol. The molecule has 1 heterocycles. The SMILES string of the molecule is Cc1cc(/C(N)=N/O)nc(N(CC(F)(F)F)C2CC2)n1. The molecule has 1 fully saturated rings. The fourth-order valence-corrected chi connectivity index (χ4v) is 1.81. The molecule has 1 aromatic heterocycles. The van der Waals surface area contributed by atoms with E-state index < -0.39 is 12.7 Å². The lowest BCUT2D eigenvalue weighted by atomic mass is 10.3. The zero-order valence-electron chi connectivity index (χ0n) is 10.7. The molecule has 3 N–H and O–H groups in total. The van der Waals surface area contributed by atoms with Gasteiger partial charge in [-0.3, -0.25) is 0 Å². The standard InChI is InChI=1S/C11H14F3N5O/c1-6-4-8(9(15)18-20)17-10(16-6)19(7-2-3-7)5-11(12,13)14/h4,7,20H,2-3,5H2,1H3,(H2,15,18). The van der Waals surface area contributed by atoms with Gasteiger partial charge in [-0.25, -0.2) is 9.97 Å². The smallest absolute Gasteiger partial charge is 0.406 e. The summed E-state index contributed by atoms with van der Waals surface area (Å²) in [5.41, 5.74) is 5.97. The Kier molecular flexibility index (Phi) is 3.69. The van der Waals surface area contributed by atoms with Crippen molar-refractivity contribution >= 4 is 11.8 Å². The lowest BCUT2D eigenvalue weighted by Gasteiger charge is -2.24. The predicted octanol–water partition coefficient (Wildman–Crippen LogP) is 1.41. The van der Waals surface area contributed by atoms with Crippen molar-refractivity contribution in [3.05, 3.63) is 17.5 Å². The zero-order chi connectivity index (χ0) is 14.9. The fraction of sp³-hybridized carbons (Fsp3) is 0.545. The molecule has 0 amide bonds. The fourth-order valence-electron chi connectivity index (χ4n) is 1.81. The Labute approximate surface area is 113 Å². The van der Waals surface area contributed by atoms with Crippen LogP contribution in [0.15, 0.2) is 11.2 Å². The van der Waals surface area contributed by atoms with Gasteiger partial charge in [-0.2, -0.15) is 13.2 Å². The molecule has 9 heteroatoms. The number of alkyl halides is 3. The van der Waals surface area contributed by atoms with Gasteiger partial charge in [-0.15, -0.1) is 0 Å². The van der Waals surface area contributed by atoms with Crippen LogP contribution in [0.25, 0.3) is 0 Å². The van der Waals surface area contributed by atoms with Gasteiger partial charge in [0, 0.05) is 11.7 Å². The number of nitrogens with two attached hydrogens (primary N) is 1. The number of amidine groups is 1. The summed E-state index contributed by atoms with van der Waals surface area (Å²) in [7, 11) is 0. The lowest BCUT2D eigenvalue weighted by molar-refractivity contribution is -0.120. The second kappa shape index (κ2) is 5.14. The van der Waals surface area contributed by atoms with Crippen LogP contribution in [0.3, 0.4) is 0 Å². The first kappa shape index (κ1) is 14.4. The Morgan fingerprint density at radius 1 is 1.50 bits per heavy atom. The van der Waals surface area contributed by atoms with Crippen molar-refractivity contribution in [1.82, 2.24) is 9.97 Å². The van der Waals surface area contributed by atoms with E-state index in [0.29, 0.717) is 18.5 Å². The van der Waals surface area contributed by atoms with Crippen molar-refractivity contribution in [2.45, 2.75) is 32.0 Å². The van der Waals surface area contributed by atoms with E-state index in [-0.39, 0.29) is 23.5 Å². The van der Waals surface area contributed by atoms with E-state index in [9.17, 15) is 13.2 Å². The molecule has 0 radical (unpaired) electrons. The van der Waals surface area contributed by atoms with Gasteiger partial charge >= 0.3 is 6.18 Å². The van der Waals surface area contributed by atoms with Crippen molar-refractivity contribution in [3.63, 3.8) is 0 Å². The molecular weight excluding hydrogens is 275 g/mol. The highest BCUT2D eigenvalue weighted by Gasteiger charge is 2.39. The van der Waals surface area contributed by atoms with Crippen molar-refractivity contribution in [3.8, 4) is 0 Å². The largest absolute Gasteiger partial charge is 0.409 e. The van der Waals surface area contributed by atoms with E-state index in [0.717, 1.165) is 4.90 Å². The van der Waals surface area contributed by atoms with Crippen LogP contribution in [-0.2, 0) is 0 Å². The molecule has 0 aliphatic heterocycles. The van der Waals surface area contributed by atoms with E-state index in [4.69, 9.17) is 10.9 Å². The molecule has 6 nitrogen and oxygen atoms in total. The maximum absolute atomic E-state index is 12.6. The number of oxime groups is 1. The van der Waals surface area contributed by atoms with Gasteiger partial charge in [-0.1, -0.05) is 5.16 Å². The van der Waals surface area contributed by atoms with E-state index >= 15 is 0 Å². The second-order valence-electron chi connectivity index (χ2n) is 4.65. The maximum atomic E-state index is 12.6. The minimum Gasteiger partial charge on any atom is -0.409 e. The molecule has 0 aromatic carbocycles. The Morgan fingerprint density at radius 3 is 2.65 bits per heavy atom. The van der Waals surface area contributed by atoms with Gasteiger partial charge < -0.3 is 15.8 Å². The molecule has 0 atom stereocenters. The van der Waals surface area contributed by atoms with Crippen LogP contribution in [0.4, 0.5) is 19.1 Å². The summed E-state index contributed by atoms with van der Waals surface area (Å²) in [5, 5.41) is 11.4. The molecule has 2 rings (SSSR count). The van der Waals surface area contributed by atoms with Gasteiger partial charge in [0.1, 0.15) is 12.2 Å². The molecule has 0 bridgehead atoms. The Morgan fingerprint density at radius 2 is 2.15 bits per heavy atom. The third-order valence-electron chi connectivity index (χ3n) is 2.81. The average Bonchev–Trinajstić information content (AvgIpc) is 3.17. The first-order valence-corrected chi connectivity index (χ1v) is 5.97. The van der Waals surface area contributed by atoms with Crippen LogP contribution >= 0.6 is 0 Å². The number of halogens is 3. The van der Waals surface area contributed by atoms with Crippen LogP contribution in [0.2, 0.25) is 0 Å². The summed E-state index contributed by atoms with van der Waals surface area (Å²) in [6.45, 7) is 0.495. The lowest BCUT2D eigenvalue weighted by Crippen LogP contribution is -2.37. The molecular formula is C11H14F3N5O. The molecule has 110 valence electrons. The molecule has 20 heavy (non-hydrogen) atoms. The van der Waals surface area contributed by atoms with Crippen molar-refractivity contribution in [2.75, 3.05) is 11.4 Å². The van der Waals surface area contributed by atoms with Crippen LogP contribution < -0.4 is 10.6 Å². The second-order valence-corrected chi connectivity index (χ2v) is 4.65. The van der Waals surface area contributed by atoms with E-state index in [1.807, 2.05) is 0 Å². The summed E-state index contributed by atoms with van der Waals surface area (Å²) >= 11 is 0. The molecule has 1 saturated carbocycles. The van der Waals surface area contributed by atoms with Crippen molar-refractivity contribution in [1.29, 1.82) is 0 Å². The average molecular weight is 289 g/mol. The number of nitrogens with zero attached hydrogens (tertiary/aromatic N) is 4. The zero-order valence-corrected chi connectivity index (χ0v) is 10.7. The molecule has 0 spiro atoms. The molecule has 1 aromatic rings. The highest BCUT2D eigenvalue weighted by Crippen LogP contribution is 2.32. The topological polar surface area (TPSA) is 87.6 Å². The Bertz CT molecular complexity index is 527. The summed E-state index contributed by atoms with van der Waals surface area (Å²) in [4.78, 5) is 9.08. The van der Waals surface area contributed by atoms with Gasteiger partial charge in [0.15, 0.2) is 5.84 Å². The number of rotatable bonds is 4. The maximum Gasteiger partial charge on any atom is 0.406 e. The number of hydrogen-bond donors (Lipinski definition) is 2. The number of hydrogen-bond acceptors (Lipinski definition) is 5. The minimum absolute atomic E-state index is 0.0496. The van der Waals surface area contributed by atoms with Gasteiger partial charge in [0.25, 0.3) is 0 Å². The summed E-state index contributed by atoms with van der Waals surface area (Å²) in [6.07, 6.45) is -2.99. The van der Waals surface area contributed by atoms with Crippen LogP contribution in [0, 0.1) is 6.92 Å². The van der Waals surface area contributed by atoms with Crippen LogP contribution in [0.1, 0.15) is 24.2 Å². The molecule has 1 aliphatic carbocycles. The van der Waals surface area contributed by atoms with E-state index in [1.54, 1.807) is 6.92 Å². The van der Waals surface area contributed by atoms with E-state index in [1.165, 1.54) is 6.07 Å². The highest BCUT2D eigenvalue weighted by molar-refractivity contribution is 5.95. The number of anilines is 1. The van der Waals surface area contributed by atoms with Crippen LogP contribution in [-0.4, -0.2) is 39.8 Å². The number of aromatic nitrogens is 2.